The summed E-state index contributed by atoms with van der Waals surface area (Å²) in [6.45, 7) is 2.16. The van der Waals surface area contributed by atoms with Crippen molar-refractivity contribution in [1.29, 1.82) is 0 Å². The Balaban J connectivity index is 0. The summed E-state index contributed by atoms with van der Waals surface area (Å²) in [5, 5.41) is 1.26. The molecular weight excluding hydrogens is 198 g/mol. The molecule has 1 unspecified atom stereocenters. The number of rotatable bonds is 1. The molecule has 0 saturated heterocycles. The molecule has 0 aliphatic heterocycles. The third-order valence-electron chi connectivity index (χ3n) is 1.39. The zero-order chi connectivity index (χ0) is 6.69. The van der Waals surface area contributed by atoms with E-state index in [1.807, 2.05) is 0 Å². The second-order valence-electron chi connectivity index (χ2n) is 2.10. The van der Waals surface area contributed by atoms with E-state index in [4.69, 9.17) is 0 Å². The molecule has 1 atom stereocenters. The zero-order valence-corrected chi connectivity index (χ0v) is 9.20. The summed E-state index contributed by atoms with van der Waals surface area (Å²) >= 11 is 0. The molecule has 0 N–H and O–H groups in total. The normalized spacial score (nSPS) is 7.82. The van der Waals surface area contributed by atoms with Crippen LogP contribution in [0.2, 0.25) is 0 Å². The standard InChI is InChI=1S/C8H11P.2ClH/c1-2-7-3-5-8(9)6-4-7;;/h3-6H,2,9H2,1H3;2*1H. The molecule has 11 heavy (non-hydrogen) atoms. The van der Waals surface area contributed by atoms with Gasteiger partial charge in [0.1, 0.15) is 0 Å². The first-order valence-corrected chi connectivity index (χ1v) is 3.75. The van der Waals surface area contributed by atoms with Gasteiger partial charge in [0.15, 0.2) is 0 Å². The number of hydrogen-bond acceptors (Lipinski definition) is 0. The van der Waals surface area contributed by atoms with Crippen LogP contribution in [0.1, 0.15) is 12.5 Å². The molecule has 0 heterocycles. The van der Waals surface area contributed by atoms with Crippen LogP contribution in [0.5, 0.6) is 0 Å². The summed E-state index contributed by atoms with van der Waals surface area (Å²) in [5.41, 5.74) is 1.40. The second-order valence-corrected chi connectivity index (χ2v) is 2.76. The molecule has 1 aromatic carbocycles. The molecule has 0 bridgehead atoms. The van der Waals surface area contributed by atoms with E-state index in [0.717, 1.165) is 6.42 Å². The molecule has 0 saturated carbocycles. The van der Waals surface area contributed by atoms with Crippen LogP contribution < -0.4 is 5.30 Å². The highest BCUT2D eigenvalue weighted by Crippen LogP contribution is 1.98. The molecule has 0 radical (unpaired) electrons. The lowest BCUT2D eigenvalue weighted by molar-refractivity contribution is 1.14. The molecular formula is C8H13Cl2P. The minimum Gasteiger partial charge on any atom is -0.147 e. The highest BCUT2D eigenvalue weighted by atomic mass is 35.5. The van der Waals surface area contributed by atoms with Gasteiger partial charge in [-0.25, -0.2) is 0 Å². The van der Waals surface area contributed by atoms with Crippen LogP contribution >= 0.6 is 34.1 Å². The molecule has 3 heteroatoms. The lowest BCUT2D eigenvalue weighted by Gasteiger charge is -1.94. The predicted octanol–water partition coefficient (Wildman–Crippen LogP) is 2.59. The van der Waals surface area contributed by atoms with Crippen molar-refractivity contribution in [2.24, 2.45) is 0 Å². The Hall–Kier alpha value is 0.230. The molecule has 0 fully saturated rings. The number of aryl methyl sites for hydroxylation is 1. The SMILES string of the molecule is CCc1ccc(P)cc1.Cl.Cl. The quantitative estimate of drug-likeness (QED) is 0.626. The van der Waals surface area contributed by atoms with Crippen LogP contribution in [-0.4, -0.2) is 0 Å². The monoisotopic (exact) mass is 210 g/mol. The first-order chi connectivity index (χ1) is 4.33. The highest BCUT2D eigenvalue weighted by Gasteiger charge is 1.84. The Bertz CT molecular complexity index is 184. The summed E-state index contributed by atoms with van der Waals surface area (Å²) in [6.07, 6.45) is 1.13. The molecule has 0 aliphatic carbocycles. The largest absolute Gasteiger partial charge is 0.147 e. The van der Waals surface area contributed by atoms with Gasteiger partial charge in [0.25, 0.3) is 0 Å². The van der Waals surface area contributed by atoms with Crippen molar-refractivity contribution in [2.45, 2.75) is 13.3 Å². The molecule has 0 aromatic heterocycles. The maximum Gasteiger partial charge on any atom is -0.0302 e. The minimum atomic E-state index is 0. The summed E-state index contributed by atoms with van der Waals surface area (Å²) < 4.78 is 0. The van der Waals surface area contributed by atoms with Gasteiger partial charge < -0.3 is 0 Å². The van der Waals surface area contributed by atoms with Crippen molar-refractivity contribution >= 4 is 39.4 Å². The Morgan fingerprint density at radius 3 is 1.91 bits per heavy atom. The van der Waals surface area contributed by atoms with E-state index in [0.29, 0.717) is 0 Å². The molecule has 0 aliphatic rings. The molecule has 0 spiro atoms. The number of hydrogen-bond donors (Lipinski definition) is 0. The van der Waals surface area contributed by atoms with Crippen LogP contribution in [0, 0.1) is 0 Å². The molecule has 1 aromatic rings. The lowest BCUT2D eigenvalue weighted by Crippen LogP contribution is -1.88. The van der Waals surface area contributed by atoms with E-state index in [9.17, 15) is 0 Å². The third-order valence-corrected chi connectivity index (χ3v) is 1.77. The van der Waals surface area contributed by atoms with E-state index < -0.39 is 0 Å². The van der Waals surface area contributed by atoms with E-state index in [1.165, 1.54) is 10.9 Å². The topological polar surface area (TPSA) is 0 Å². The van der Waals surface area contributed by atoms with Crippen LogP contribution in [0.4, 0.5) is 0 Å². The van der Waals surface area contributed by atoms with Gasteiger partial charge in [0.2, 0.25) is 0 Å². The fraction of sp³-hybridized carbons (Fsp3) is 0.250. The van der Waals surface area contributed by atoms with Crippen LogP contribution in [0.3, 0.4) is 0 Å². The first kappa shape index (κ1) is 13.8. The Labute approximate surface area is 82.8 Å². The Kier molecular flexibility index (Phi) is 8.67. The van der Waals surface area contributed by atoms with E-state index in [1.54, 1.807) is 0 Å². The van der Waals surface area contributed by atoms with Crippen molar-refractivity contribution in [3.05, 3.63) is 29.8 Å². The predicted molar refractivity (Wildman–Crippen MR) is 59.7 cm³/mol. The maximum atomic E-state index is 2.67. The molecule has 1 rings (SSSR count). The summed E-state index contributed by atoms with van der Waals surface area (Å²) in [7, 11) is 2.67. The van der Waals surface area contributed by atoms with Crippen LogP contribution in [0.25, 0.3) is 0 Å². The molecule has 0 nitrogen and oxygen atoms in total. The first-order valence-electron chi connectivity index (χ1n) is 3.17. The zero-order valence-electron chi connectivity index (χ0n) is 6.41. The van der Waals surface area contributed by atoms with Gasteiger partial charge in [-0.1, -0.05) is 31.2 Å². The molecule has 0 amide bonds. The fourth-order valence-electron chi connectivity index (χ4n) is 0.753. The number of halogens is 2. The van der Waals surface area contributed by atoms with Gasteiger partial charge >= 0.3 is 0 Å². The van der Waals surface area contributed by atoms with E-state index in [-0.39, 0.29) is 24.8 Å². The second kappa shape index (κ2) is 6.91. The average molecular weight is 211 g/mol. The van der Waals surface area contributed by atoms with Gasteiger partial charge in [-0.15, -0.1) is 34.1 Å². The van der Waals surface area contributed by atoms with Crippen molar-refractivity contribution in [2.75, 3.05) is 0 Å². The van der Waals surface area contributed by atoms with E-state index >= 15 is 0 Å². The summed E-state index contributed by atoms with van der Waals surface area (Å²) in [4.78, 5) is 0. The highest BCUT2D eigenvalue weighted by molar-refractivity contribution is 7.27. The van der Waals surface area contributed by atoms with Gasteiger partial charge in [0.05, 0.1) is 0 Å². The minimum absolute atomic E-state index is 0. The van der Waals surface area contributed by atoms with Gasteiger partial charge in [-0.3, -0.25) is 0 Å². The third kappa shape index (κ3) is 4.63. The van der Waals surface area contributed by atoms with Crippen molar-refractivity contribution in [1.82, 2.24) is 0 Å². The summed E-state index contributed by atoms with van der Waals surface area (Å²) in [5.74, 6) is 0. The van der Waals surface area contributed by atoms with Crippen LogP contribution in [0.15, 0.2) is 24.3 Å². The number of benzene rings is 1. The molecule has 64 valence electrons. The smallest absolute Gasteiger partial charge is 0.0302 e. The average Bonchev–Trinajstić information content (AvgIpc) is 1.90. The summed E-state index contributed by atoms with van der Waals surface area (Å²) in [6, 6.07) is 8.54. The van der Waals surface area contributed by atoms with Crippen LogP contribution in [-0.2, 0) is 6.42 Å². The fourth-order valence-corrected chi connectivity index (χ4v) is 0.946. The van der Waals surface area contributed by atoms with Crippen molar-refractivity contribution < 1.29 is 0 Å². The van der Waals surface area contributed by atoms with Gasteiger partial charge in [-0.05, 0) is 17.3 Å². The van der Waals surface area contributed by atoms with Crippen molar-refractivity contribution in [3.8, 4) is 0 Å². The van der Waals surface area contributed by atoms with E-state index in [2.05, 4.69) is 40.4 Å². The van der Waals surface area contributed by atoms with Crippen molar-refractivity contribution in [3.63, 3.8) is 0 Å². The lowest BCUT2D eigenvalue weighted by atomic mass is 10.2. The maximum absolute atomic E-state index is 2.67. The Morgan fingerprint density at radius 1 is 1.09 bits per heavy atom. The Morgan fingerprint density at radius 2 is 1.55 bits per heavy atom. The van der Waals surface area contributed by atoms with Gasteiger partial charge in [-0.2, -0.15) is 0 Å². The van der Waals surface area contributed by atoms with Gasteiger partial charge in [0, 0.05) is 0 Å².